The van der Waals surface area contributed by atoms with Gasteiger partial charge in [-0.2, -0.15) is 0 Å². The normalized spacial score (nSPS) is 10.8. The number of halogens is 3. The van der Waals surface area contributed by atoms with Crippen LogP contribution in [0.4, 0.5) is 4.39 Å². The van der Waals surface area contributed by atoms with Gasteiger partial charge in [-0.3, -0.25) is 0 Å². The van der Waals surface area contributed by atoms with Gasteiger partial charge in [0.05, 0.1) is 22.1 Å². The number of hydrogen-bond acceptors (Lipinski definition) is 2. The summed E-state index contributed by atoms with van der Waals surface area (Å²) in [4.78, 5) is 0. The fourth-order valence-corrected chi connectivity index (χ4v) is 2.25. The van der Waals surface area contributed by atoms with E-state index in [1.807, 2.05) is 13.1 Å². The lowest BCUT2D eigenvalue weighted by Crippen LogP contribution is -1.99. The smallest absolute Gasteiger partial charge is 0.137 e. The summed E-state index contributed by atoms with van der Waals surface area (Å²) in [6.07, 6.45) is 2.68. The highest BCUT2D eigenvalue weighted by Crippen LogP contribution is 2.22. The molecule has 0 saturated heterocycles. The number of benzene rings is 1. The van der Waals surface area contributed by atoms with Crippen LogP contribution >= 0.6 is 31.9 Å². The molecule has 0 radical (unpaired) electrons. The maximum absolute atomic E-state index is 13.3. The van der Waals surface area contributed by atoms with Crippen molar-refractivity contribution in [3.05, 3.63) is 39.9 Å². The van der Waals surface area contributed by atoms with Crippen LogP contribution in [-0.4, -0.2) is 20.3 Å². The maximum Gasteiger partial charge on any atom is 0.137 e. The van der Waals surface area contributed by atoms with Crippen LogP contribution in [0.1, 0.15) is 11.3 Å². The summed E-state index contributed by atoms with van der Waals surface area (Å²) >= 11 is 6.52. The molecule has 0 aliphatic rings. The second kappa shape index (κ2) is 5.27. The number of aryl methyl sites for hydroxylation is 2. The lowest BCUT2D eigenvalue weighted by molar-refractivity contribution is 0.618. The molecule has 1 heterocycles. The molecule has 0 aliphatic heterocycles. The summed E-state index contributed by atoms with van der Waals surface area (Å²) in [5.41, 5.74) is 2.55. The molecule has 0 N–H and O–H groups in total. The molecule has 0 fully saturated rings. The zero-order valence-electron chi connectivity index (χ0n) is 9.12. The molecule has 0 atom stereocenters. The Morgan fingerprint density at radius 2 is 2.18 bits per heavy atom. The monoisotopic (exact) mass is 361 g/mol. The van der Waals surface area contributed by atoms with Crippen LogP contribution in [-0.2, 0) is 6.42 Å². The Morgan fingerprint density at radius 3 is 2.88 bits per heavy atom. The minimum atomic E-state index is -0.271. The molecule has 1 aromatic heterocycles. The van der Waals surface area contributed by atoms with Gasteiger partial charge in [0, 0.05) is 11.8 Å². The molecule has 0 unspecified atom stereocenters. The van der Waals surface area contributed by atoms with Crippen molar-refractivity contribution in [2.45, 2.75) is 13.3 Å². The number of nitrogens with zero attached hydrogens (tertiary/aromatic N) is 3. The van der Waals surface area contributed by atoms with Crippen molar-refractivity contribution in [1.82, 2.24) is 15.0 Å². The standard InChI is InChI=1S/C11H10Br2FN3/c1-7-4-10(14)9(13)5-11(7)17-6-8(2-3-12)15-16-17/h4-6H,2-3H2,1H3. The third-order valence-corrected chi connectivity index (χ3v) is 3.38. The van der Waals surface area contributed by atoms with E-state index in [1.54, 1.807) is 10.7 Å². The van der Waals surface area contributed by atoms with Gasteiger partial charge in [-0.1, -0.05) is 21.1 Å². The van der Waals surface area contributed by atoms with Gasteiger partial charge in [-0.25, -0.2) is 9.07 Å². The average molecular weight is 363 g/mol. The second-order valence-corrected chi connectivity index (χ2v) is 5.29. The Bertz CT molecular complexity index is 540. The first-order valence-electron chi connectivity index (χ1n) is 5.05. The molecular weight excluding hydrogens is 353 g/mol. The van der Waals surface area contributed by atoms with Crippen molar-refractivity contribution in [3.63, 3.8) is 0 Å². The molecule has 0 saturated carbocycles. The molecule has 6 heteroatoms. The van der Waals surface area contributed by atoms with Crippen LogP contribution in [0.25, 0.3) is 5.69 Å². The van der Waals surface area contributed by atoms with Gasteiger partial charge in [0.15, 0.2) is 0 Å². The molecule has 17 heavy (non-hydrogen) atoms. The van der Waals surface area contributed by atoms with Crippen molar-refractivity contribution in [2.24, 2.45) is 0 Å². The SMILES string of the molecule is Cc1cc(F)c(Br)cc1-n1cc(CCBr)nn1. The predicted octanol–water partition coefficient (Wildman–Crippen LogP) is 3.41. The van der Waals surface area contributed by atoms with Crippen LogP contribution < -0.4 is 0 Å². The Morgan fingerprint density at radius 1 is 1.41 bits per heavy atom. The molecule has 0 aliphatic carbocycles. The van der Waals surface area contributed by atoms with Crippen molar-refractivity contribution in [2.75, 3.05) is 5.33 Å². The largest absolute Gasteiger partial charge is 0.220 e. The van der Waals surface area contributed by atoms with Gasteiger partial charge in [0.25, 0.3) is 0 Å². The minimum Gasteiger partial charge on any atom is -0.220 e. The van der Waals surface area contributed by atoms with E-state index in [9.17, 15) is 4.39 Å². The number of hydrogen-bond donors (Lipinski definition) is 0. The highest BCUT2D eigenvalue weighted by Gasteiger charge is 2.09. The first-order valence-corrected chi connectivity index (χ1v) is 6.96. The van der Waals surface area contributed by atoms with Crippen LogP contribution in [0.5, 0.6) is 0 Å². The van der Waals surface area contributed by atoms with Crippen LogP contribution in [0, 0.1) is 12.7 Å². The van der Waals surface area contributed by atoms with E-state index in [2.05, 4.69) is 42.2 Å². The highest BCUT2D eigenvalue weighted by atomic mass is 79.9. The molecule has 1 aromatic carbocycles. The average Bonchev–Trinajstić information content (AvgIpc) is 2.72. The number of alkyl halides is 1. The summed E-state index contributed by atoms with van der Waals surface area (Å²) < 4.78 is 15.4. The molecular formula is C11H10Br2FN3. The molecule has 0 bridgehead atoms. The quantitative estimate of drug-likeness (QED) is 0.783. The predicted molar refractivity (Wildman–Crippen MR) is 71.3 cm³/mol. The van der Waals surface area contributed by atoms with Gasteiger partial charge in [-0.15, -0.1) is 5.10 Å². The summed E-state index contributed by atoms with van der Waals surface area (Å²) in [7, 11) is 0. The Hall–Kier alpha value is -0.750. The molecule has 3 nitrogen and oxygen atoms in total. The molecule has 90 valence electrons. The third-order valence-electron chi connectivity index (χ3n) is 2.38. The van der Waals surface area contributed by atoms with Crippen LogP contribution in [0.2, 0.25) is 0 Å². The van der Waals surface area contributed by atoms with Crippen molar-refractivity contribution < 1.29 is 4.39 Å². The van der Waals surface area contributed by atoms with E-state index in [0.29, 0.717) is 4.47 Å². The summed E-state index contributed by atoms with van der Waals surface area (Å²) in [5, 5.41) is 8.93. The van der Waals surface area contributed by atoms with E-state index >= 15 is 0 Å². The summed E-state index contributed by atoms with van der Waals surface area (Å²) in [5.74, 6) is -0.271. The Kier molecular flexibility index (Phi) is 3.93. The van der Waals surface area contributed by atoms with E-state index < -0.39 is 0 Å². The Labute approximate surface area is 115 Å². The van der Waals surface area contributed by atoms with Crippen molar-refractivity contribution in [3.8, 4) is 5.69 Å². The fourth-order valence-electron chi connectivity index (χ4n) is 1.51. The molecule has 0 spiro atoms. The van der Waals surface area contributed by atoms with Gasteiger partial charge < -0.3 is 0 Å². The fraction of sp³-hybridized carbons (Fsp3) is 0.273. The van der Waals surface area contributed by atoms with E-state index in [0.717, 1.165) is 28.7 Å². The lowest BCUT2D eigenvalue weighted by atomic mass is 10.2. The topological polar surface area (TPSA) is 30.7 Å². The summed E-state index contributed by atoms with van der Waals surface area (Å²) in [6.45, 7) is 1.84. The van der Waals surface area contributed by atoms with E-state index in [-0.39, 0.29) is 5.82 Å². The zero-order chi connectivity index (χ0) is 12.4. The maximum atomic E-state index is 13.3. The van der Waals surface area contributed by atoms with Gasteiger partial charge in [0.1, 0.15) is 5.82 Å². The van der Waals surface area contributed by atoms with E-state index in [4.69, 9.17) is 0 Å². The van der Waals surface area contributed by atoms with Gasteiger partial charge in [0.2, 0.25) is 0 Å². The second-order valence-electron chi connectivity index (χ2n) is 3.65. The molecule has 2 aromatic rings. The Balaban J connectivity index is 2.41. The minimum absolute atomic E-state index is 0.271. The lowest BCUT2D eigenvalue weighted by Gasteiger charge is -2.06. The van der Waals surface area contributed by atoms with Crippen molar-refractivity contribution >= 4 is 31.9 Å². The van der Waals surface area contributed by atoms with Crippen molar-refractivity contribution in [1.29, 1.82) is 0 Å². The molecule has 2 rings (SSSR count). The van der Waals surface area contributed by atoms with E-state index in [1.165, 1.54) is 6.07 Å². The number of rotatable bonds is 3. The first-order chi connectivity index (χ1) is 8.11. The molecule has 0 amide bonds. The number of aromatic nitrogens is 3. The summed E-state index contributed by atoms with van der Waals surface area (Å²) in [6, 6.07) is 3.18. The van der Waals surface area contributed by atoms with Gasteiger partial charge >= 0.3 is 0 Å². The first kappa shape index (κ1) is 12.7. The zero-order valence-corrected chi connectivity index (χ0v) is 12.3. The third kappa shape index (κ3) is 2.74. The highest BCUT2D eigenvalue weighted by molar-refractivity contribution is 9.10. The van der Waals surface area contributed by atoms with Crippen LogP contribution in [0.15, 0.2) is 22.8 Å². The van der Waals surface area contributed by atoms with Gasteiger partial charge in [-0.05, 0) is 40.5 Å². The van der Waals surface area contributed by atoms with Crippen LogP contribution in [0.3, 0.4) is 0 Å².